The lowest BCUT2D eigenvalue weighted by molar-refractivity contribution is -0.121. The molecule has 2 aliphatic heterocycles. The number of nitrogens with zero attached hydrogens (tertiary/aromatic N) is 3. The van der Waals surface area contributed by atoms with E-state index in [1.807, 2.05) is 29.2 Å². The first-order chi connectivity index (χ1) is 15.5. The molecule has 1 amide bonds. The van der Waals surface area contributed by atoms with E-state index in [4.69, 9.17) is 4.74 Å². The number of fused-ring (bicyclic) bond motifs is 1. The minimum Gasteiger partial charge on any atom is -0.482 e. The molecule has 2 N–H and O–H groups in total. The number of rotatable bonds is 6. The van der Waals surface area contributed by atoms with Crippen molar-refractivity contribution in [3.63, 3.8) is 0 Å². The Bertz CT molecular complexity index is 1000. The zero-order valence-electron chi connectivity index (χ0n) is 18.0. The van der Waals surface area contributed by atoms with E-state index in [1.165, 1.54) is 12.1 Å². The van der Waals surface area contributed by atoms with Gasteiger partial charge in [0.25, 0.3) is 5.91 Å². The van der Waals surface area contributed by atoms with Crippen LogP contribution in [0.4, 0.5) is 20.2 Å². The molecule has 9 heteroatoms. The average molecular weight is 443 g/mol. The summed E-state index contributed by atoms with van der Waals surface area (Å²) in [5.41, 5.74) is 1.21. The molecule has 170 valence electrons. The molecule has 7 nitrogen and oxygen atoms in total. The third-order valence-corrected chi connectivity index (χ3v) is 5.66. The topological polar surface area (TPSA) is 69.2 Å². The number of guanidine groups is 1. The molecule has 1 atom stereocenters. The molecule has 0 bridgehead atoms. The predicted molar refractivity (Wildman–Crippen MR) is 120 cm³/mol. The molecular formula is C23H27F2N5O2. The van der Waals surface area contributed by atoms with Gasteiger partial charge in [-0.1, -0.05) is 12.1 Å². The van der Waals surface area contributed by atoms with E-state index in [1.54, 1.807) is 11.9 Å². The maximum atomic E-state index is 14.1. The van der Waals surface area contributed by atoms with Gasteiger partial charge in [-0.25, -0.2) is 8.78 Å². The van der Waals surface area contributed by atoms with Crippen molar-refractivity contribution in [1.29, 1.82) is 0 Å². The van der Waals surface area contributed by atoms with Gasteiger partial charge in [0.15, 0.2) is 12.6 Å². The average Bonchev–Trinajstić information content (AvgIpc) is 3.25. The van der Waals surface area contributed by atoms with Gasteiger partial charge < -0.3 is 25.2 Å². The van der Waals surface area contributed by atoms with Gasteiger partial charge in [0.2, 0.25) is 0 Å². The summed E-state index contributed by atoms with van der Waals surface area (Å²) in [5.74, 6) is 0.204. The molecule has 0 radical (unpaired) electrons. The highest BCUT2D eigenvalue weighted by Gasteiger charge is 2.26. The number of carbonyl (C=O) groups excluding carboxylic acids is 1. The van der Waals surface area contributed by atoms with E-state index in [-0.39, 0.29) is 18.6 Å². The standard InChI is InChI=1S/C23H27F2N5O2/c1-26-23(28-17-9-12-29(14-17)19-8-7-16(24)13-18(19)25)27-10-4-11-30-20-5-2-3-6-21(20)32-15-22(30)31/h2-3,5-8,13,17H,4,9-12,14-15H2,1H3,(H2,26,27,28). The normalized spacial score (nSPS) is 18.4. The van der Waals surface area contributed by atoms with Gasteiger partial charge in [0, 0.05) is 45.3 Å². The maximum Gasteiger partial charge on any atom is 0.265 e. The summed E-state index contributed by atoms with van der Waals surface area (Å²) in [6.07, 6.45) is 1.55. The Morgan fingerprint density at radius 1 is 1.22 bits per heavy atom. The summed E-state index contributed by atoms with van der Waals surface area (Å²) in [4.78, 5) is 20.2. The van der Waals surface area contributed by atoms with Gasteiger partial charge in [0.1, 0.15) is 17.4 Å². The summed E-state index contributed by atoms with van der Waals surface area (Å²) < 4.78 is 32.7. The fourth-order valence-electron chi connectivity index (χ4n) is 4.07. The molecule has 0 spiro atoms. The highest BCUT2D eigenvalue weighted by molar-refractivity contribution is 5.97. The van der Waals surface area contributed by atoms with Crippen LogP contribution < -0.4 is 25.2 Å². The molecule has 1 unspecified atom stereocenters. The Balaban J connectivity index is 1.24. The highest BCUT2D eigenvalue weighted by Crippen LogP contribution is 2.31. The number of hydrogen-bond donors (Lipinski definition) is 2. The minimum absolute atomic E-state index is 0.0507. The van der Waals surface area contributed by atoms with Crippen LogP contribution in [0, 0.1) is 11.6 Å². The number of halogens is 2. The zero-order chi connectivity index (χ0) is 22.5. The van der Waals surface area contributed by atoms with Crippen LogP contribution in [-0.4, -0.2) is 57.7 Å². The Kier molecular flexibility index (Phi) is 6.72. The lowest BCUT2D eigenvalue weighted by atomic mass is 10.2. The van der Waals surface area contributed by atoms with Gasteiger partial charge in [-0.05, 0) is 37.1 Å². The molecule has 1 saturated heterocycles. The fraction of sp³-hybridized carbons (Fsp3) is 0.391. The van der Waals surface area contributed by atoms with E-state index in [0.29, 0.717) is 37.8 Å². The molecule has 4 rings (SSSR count). The van der Waals surface area contributed by atoms with Crippen molar-refractivity contribution in [3.8, 4) is 5.75 Å². The van der Waals surface area contributed by atoms with Crippen LogP contribution in [0.5, 0.6) is 5.75 Å². The third-order valence-electron chi connectivity index (χ3n) is 5.66. The summed E-state index contributed by atoms with van der Waals surface area (Å²) in [7, 11) is 1.70. The molecule has 1 fully saturated rings. The monoisotopic (exact) mass is 443 g/mol. The van der Waals surface area contributed by atoms with E-state index in [0.717, 1.165) is 30.3 Å². The number of aliphatic imine (C=N–C) groups is 1. The van der Waals surface area contributed by atoms with Crippen LogP contribution >= 0.6 is 0 Å². The second kappa shape index (κ2) is 9.84. The summed E-state index contributed by atoms with van der Waals surface area (Å²) in [6, 6.07) is 11.3. The van der Waals surface area contributed by atoms with Crippen LogP contribution in [0.2, 0.25) is 0 Å². The number of ether oxygens (including phenoxy) is 1. The van der Waals surface area contributed by atoms with Crippen LogP contribution in [0.15, 0.2) is 47.5 Å². The van der Waals surface area contributed by atoms with Gasteiger partial charge >= 0.3 is 0 Å². The first-order valence-electron chi connectivity index (χ1n) is 10.7. The Morgan fingerprint density at radius 2 is 2.06 bits per heavy atom. The lowest BCUT2D eigenvalue weighted by Gasteiger charge is -2.29. The number of amides is 1. The number of para-hydroxylation sites is 2. The Morgan fingerprint density at radius 3 is 2.88 bits per heavy atom. The third kappa shape index (κ3) is 4.92. The van der Waals surface area contributed by atoms with Crippen molar-refractivity contribution in [3.05, 3.63) is 54.1 Å². The van der Waals surface area contributed by atoms with E-state index in [9.17, 15) is 13.6 Å². The number of carbonyl (C=O) groups is 1. The van der Waals surface area contributed by atoms with E-state index < -0.39 is 11.6 Å². The minimum atomic E-state index is -0.577. The summed E-state index contributed by atoms with van der Waals surface area (Å²) in [5, 5.41) is 6.63. The van der Waals surface area contributed by atoms with Gasteiger partial charge in [-0.15, -0.1) is 0 Å². The number of anilines is 2. The lowest BCUT2D eigenvalue weighted by Crippen LogP contribution is -2.45. The number of nitrogens with one attached hydrogen (secondary N) is 2. The zero-order valence-corrected chi connectivity index (χ0v) is 18.0. The first-order valence-corrected chi connectivity index (χ1v) is 10.7. The predicted octanol–water partition coefficient (Wildman–Crippen LogP) is 2.52. The maximum absolute atomic E-state index is 14.1. The molecule has 0 aromatic heterocycles. The quantitative estimate of drug-likeness (QED) is 0.408. The SMILES string of the molecule is CN=C(NCCCN1C(=O)COc2ccccc21)NC1CCN(c2ccc(F)cc2F)C1. The van der Waals surface area contributed by atoms with Crippen LogP contribution in [0.25, 0.3) is 0 Å². The Labute approximate surface area is 186 Å². The molecule has 2 heterocycles. The highest BCUT2D eigenvalue weighted by atomic mass is 19.1. The molecule has 0 aliphatic carbocycles. The fourth-order valence-corrected chi connectivity index (χ4v) is 4.07. The second-order valence-corrected chi connectivity index (χ2v) is 7.83. The van der Waals surface area contributed by atoms with Gasteiger partial charge in [-0.3, -0.25) is 9.79 Å². The van der Waals surface area contributed by atoms with Gasteiger partial charge in [0.05, 0.1) is 11.4 Å². The van der Waals surface area contributed by atoms with Crippen molar-refractivity contribution >= 4 is 23.2 Å². The van der Waals surface area contributed by atoms with Crippen LogP contribution in [-0.2, 0) is 4.79 Å². The van der Waals surface area contributed by atoms with Gasteiger partial charge in [-0.2, -0.15) is 0 Å². The largest absolute Gasteiger partial charge is 0.482 e. The molecule has 2 aromatic rings. The Hall–Kier alpha value is -3.36. The van der Waals surface area contributed by atoms with E-state index in [2.05, 4.69) is 15.6 Å². The van der Waals surface area contributed by atoms with Crippen molar-refractivity contribution in [1.82, 2.24) is 10.6 Å². The molecule has 32 heavy (non-hydrogen) atoms. The van der Waals surface area contributed by atoms with E-state index >= 15 is 0 Å². The first kappa shape index (κ1) is 21.9. The smallest absolute Gasteiger partial charge is 0.265 e. The summed E-state index contributed by atoms with van der Waals surface area (Å²) in [6.45, 7) is 2.54. The number of hydrogen-bond acceptors (Lipinski definition) is 4. The van der Waals surface area contributed by atoms with Crippen LogP contribution in [0.3, 0.4) is 0 Å². The molecule has 0 saturated carbocycles. The van der Waals surface area contributed by atoms with Crippen molar-refractivity contribution in [2.45, 2.75) is 18.9 Å². The molecule has 2 aromatic carbocycles. The molecule has 2 aliphatic rings. The summed E-state index contributed by atoms with van der Waals surface area (Å²) >= 11 is 0. The second-order valence-electron chi connectivity index (χ2n) is 7.83. The van der Waals surface area contributed by atoms with Crippen LogP contribution in [0.1, 0.15) is 12.8 Å². The van der Waals surface area contributed by atoms with Crippen molar-refractivity contribution in [2.24, 2.45) is 4.99 Å². The van der Waals surface area contributed by atoms with Crippen molar-refractivity contribution in [2.75, 3.05) is 49.6 Å². The number of benzene rings is 2. The molecular weight excluding hydrogens is 416 g/mol. The van der Waals surface area contributed by atoms with Crippen molar-refractivity contribution < 1.29 is 18.3 Å².